The fraction of sp³-hybridized carbons (Fsp3) is 0.467. The second kappa shape index (κ2) is 7.10. The van der Waals surface area contributed by atoms with Crippen LogP contribution >= 0.6 is 0 Å². The van der Waals surface area contributed by atoms with Gasteiger partial charge in [-0.15, -0.1) is 0 Å². The fourth-order valence-corrected chi connectivity index (χ4v) is 3.37. The zero-order valence-corrected chi connectivity index (χ0v) is 13.6. The van der Waals surface area contributed by atoms with Crippen LogP contribution in [0.3, 0.4) is 0 Å². The van der Waals surface area contributed by atoms with Gasteiger partial charge in [-0.25, -0.2) is 17.9 Å². The second-order valence-electron chi connectivity index (χ2n) is 5.57. The number of benzene rings is 1. The SMILES string of the molecule is CCCC(NC(=O)c1ccc(S(=O)(=O)NC2CC2)cc1)C(=O)O. The van der Waals surface area contributed by atoms with E-state index in [2.05, 4.69) is 10.0 Å². The third kappa shape index (κ3) is 4.77. The van der Waals surface area contributed by atoms with Gasteiger partial charge >= 0.3 is 5.97 Å². The lowest BCUT2D eigenvalue weighted by atomic mass is 10.1. The number of aliphatic carboxylic acids is 1. The van der Waals surface area contributed by atoms with Crippen LogP contribution in [-0.4, -0.2) is 37.5 Å². The first-order valence-electron chi connectivity index (χ1n) is 7.49. The summed E-state index contributed by atoms with van der Waals surface area (Å²) in [6, 6.07) is 4.49. The number of nitrogens with one attached hydrogen (secondary N) is 2. The summed E-state index contributed by atoms with van der Waals surface area (Å²) < 4.78 is 26.6. The van der Waals surface area contributed by atoms with Crippen LogP contribution in [-0.2, 0) is 14.8 Å². The fourth-order valence-electron chi connectivity index (χ4n) is 2.06. The Labute approximate surface area is 135 Å². The number of amides is 1. The van der Waals surface area contributed by atoms with Crippen LogP contribution in [0.4, 0.5) is 0 Å². The number of rotatable bonds is 8. The van der Waals surface area contributed by atoms with Gasteiger partial charge < -0.3 is 10.4 Å². The molecule has 1 atom stereocenters. The molecule has 0 spiro atoms. The highest BCUT2D eigenvalue weighted by Crippen LogP contribution is 2.22. The van der Waals surface area contributed by atoms with Crippen molar-refractivity contribution >= 4 is 21.9 Å². The van der Waals surface area contributed by atoms with E-state index in [1.54, 1.807) is 0 Å². The number of carbonyl (C=O) groups excluding carboxylic acids is 1. The predicted molar refractivity (Wildman–Crippen MR) is 83.6 cm³/mol. The minimum atomic E-state index is -3.56. The highest BCUT2D eigenvalue weighted by atomic mass is 32.2. The molecule has 1 aromatic rings. The molecular formula is C15H20N2O5S. The van der Waals surface area contributed by atoms with Crippen molar-refractivity contribution in [2.24, 2.45) is 0 Å². The molecule has 7 nitrogen and oxygen atoms in total. The molecule has 1 fully saturated rings. The van der Waals surface area contributed by atoms with Crippen molar-refractivity contribution in [2.75, 3.05) is 0 Å². The molecule has 1 aromatic carbocycles. The molecule has 0 heterocycles. The van der Waals surface area contributed by atoms with Crippen molar-refractivity contribution in [3.8, 4) is 0 Å². The molecule has 1 saturated carbocycles. The molecule has 8 heteroatoms. The molecule has 1 unspecified atom stereocenters. The monoisotopic (exact) mass is 340 g/mol. The Hall–Kier alpha value is -1.93. The summed E-state index contributed by atoms with van der Waals surface area (Å²) in [5.41, 5.74) is 0.220. The highest BCUT2D eigenvalue weighted by molar-refractivity contribution is 7.89. The maximum absolute atomic E-state index is 12.0. The molecule has 0 radical (unpaired) electrons. The van der Waals surface area contributed by atoms with Crippen LogP contribution in [0.25, 0.3) is 0 Å². The van der Waals surface area contributed by atoms with Gasteiger partial charge in [-0.3, -0.25) is 4.79 Å². The van der Waals surface area contributed by atoms with E-state index in [0.717, 1.165) is 12.8 Å². The number of carboxylic acids is 1. The number of hydrogen-bond donors (Lipinski definition) is 3. The van der Waals surface area contributed by atoms with Crippen LogP contribution in [0, 0.1) is 0 Å². The van der Waals surface area contributed by atoms with Crippen LogP contribution < -0.4 is 10.0 Å². The average molecular weight is 340 g/mol. The largest absolute Gasteiger partial charge is 0.480 e. The number of carboxylic acid groups (broad SMARTS) is 1. The van der Waals surface area contributed by atoms with Crippen molar-refractivity contribution in [1.82, 2.24) is 10.0 Å². The van der Waals surface area contributed by atoms with Crippen LogP contribution in [0.15, 0.2) is 29.2 Å². The van der Waals surface area contributed by atoms with Crippen LogP contribution in [0.1, 0.15) is 43.0 Å². The average Bonchev–Trinajstić information content (AvgIpc) is 3.30. The van der Waals surface area contributed by atoms with Crippen molar-refractivity contribution in [3.63, 3.8) is 0 Å². The summed E-state index contributed by atoms with van der Waals surface area (Å²) >= 11 is 0. The first kappa shape index (κ1) is 17.4. The molecule has 1 amide bonds. The summed E-state index contributed by atoms with van der Waals surface area (Å²) in [6.45, 7) is 1.83. The molecule has 1 aliphatic rings. The van der Waals surface area contributed by atoms with E-state index in [1.807, 2.05) is 6.92 Å². The molecule has 0 aromatic heterocycles. The molecule has 0 bridgehead atoms. The Morgan fingerprint density at radius 1 is 1.26 bits per heavy atom. The van der Waals surface area contributed by atoms with Crippen LogP contribution in [0.5, 0.6) is 0 Å². The number of carbonyl (C=O) groups is 2. The number of hydrogen-bond acceptors (Lipinski definition) is 4. The smallest absolute Gasteiger partial charge is 0.326 e. The van der Waals surface area contributed by atoms with E-state index in [9.17, 15) is 18.0 Å². The Bertz CT molecular complexity index is 680. The Morgan fingerprint density at radius 3 is 2.35 bits per heavy atom. The van der Waals surface area contributed by atoms with Gasteiger partial charge in [0.2, 0.25) is 10.0 Å². The molecular weight excluding hydrogens is 320 g/mol. The summed E-state index contributed by atoms with van der Waals surface area (Å²) in [7, 11) is -3.56. The van der Waals surface area contributed by atoms with Crippen molar-refractivity contribution in [2.45, 2.75) is 49.6 Å². The van der Waals surface area contributed by atoms with Gasteiger partial charge in [-0.05, 0) is 43.5 Å². The van der Waals surface area contributed by atoms with Gasteiger partial charge in [0.05, 0.1) is 4.90 Å². The molecule has 0 aliphatic heterocycles. The summed E-state index contributed by atoms with van der Waals surface area (Å²) in [6.07, 6.45) is 2.64. The maximum atomic E-state index is 12.0. The third-order valence-corrected chi connectivity index (χ3v) is 5.04. The lowest BCUT2D eigenvalue weighted by Crippen LogP contribution is -2.40. The Balaban J connectivity index is 2.06. The van der Waals surface area contributed by atoms with Gasteiger partial charge in [0.25, 0.3) is 5.91 Å². The van der Waals surface area contributed by atoms with E-state index in [4.69, 9.17) is 5.11 Å². The Morgan fingerprint density at radius 2 is 1.87 bits per heavy atom. The van der Waals surface area contributed by atoms with E-state index < -0.39 is 27.9 Å². The van der Waals surface area contributed by atoms with E-state index >= 15 is 0 Å². The molecule has 0 saturated heterocycles. The van der Waals surface area contributed by atoms with Gasteiger partial charge in [0.15, 0.2) is 0 Å². The summed E-state index contributed by atoms with van der Waals surface area (Å²) in [4.78, 5) is 23.2. The summed E-state index contributed by atoms with van der Waals surface area (Å²) in [5, 5.41) is 11.5. The van der Waals surface area contributed by atoms with Crippen molar-refractivity contribution in [1.29, 1.82) is 0 Å². The van der Waals surface area contributed by atoms with Crippen molar-refractivity contribution < 1.29 is 23.1 Å². The summed E-state index contributed by atoms with van der Waals surface area (Å²) in [5.74, 6) is -1.63. The van der Waals surface area contributed by atoms with E-state index in [0.29, 0.717) is 12.8 Å². The standard InChI is InChI=1S/C15H20N2O5S/c1-2-3-13(15(19)20)16-14(18)10-4-8-12(9-5-10)23(21,22)17-11-6-7-11/h4-5,8-9,11,13,17H,2-3,6-7H2,1H3,(H,16,18)(H,19,20). The minimum Gasteiger partial charge on any atom is -0.480 e. The topological polar surface area (TPSA) is 113 Å². The quantitative estimate of drug-likeness (QED) is 0.656. The normalized spacial score (nSPS) is 15.9. The van der Waals surface area contributed by atoms with Gasteiger partial charge in [0.1, 0.15) is 6.04 Å². The molecule has 3 N–H and O–H groups in total. The van der Waals surface area contributed by atoms with E-state index in [1.165, 1.54) is 24.3 Å². The maximum Gasteiger partial charge on any atom is 0.326 e. The van der Waals surface area contributed by atoms with Gasteiger partial charge in [-0.1, -0.05) is 13.3 Å². The molecule has 126 valence electrons. The lowest BCUT2D eigenvalue weighted by molar-refractivity contribution is -0.139. The first-order valence-corrected chi connectivity index (χ1v) is 8.98. The minimum absolute atomic E-state index is 0.00773. The predicted octanol–water partition coefficient (Wildman–Crippen LogP) is 1.11. The van der Waals surface area contributed by atoms with Gasteiger partial charge in [0, 0.05) is 11.6 Å². The molecule has 2 rings (SSSR count). The first-order chi connectivity index (χ1) is 10.8. The number of sulfonamides is 1. The lowest BCUT2D eigenvalue weighted by Gasteiger charge is -2.13. The molecule has 23 heavy (non-hydrogen) atoms. The third-order valence-electron chi connectivity index (χ3n) is 3.51. The molecule has 1 aliphatic carbocycles. The Kier molecular flexibility index (Phi) is 5.38. The van der Waals surface area contributed by atoms with E-state index in [-0.39, 0.29) is 16.5 Å². The van der Waals surface area contributed by atoms with Crippen molar-refractivity contribution in [3.05, 3.63) is 29.8 Å². The zero-order chi connectivity index (χ0) is 17.0. The second-order valence-corrected chi connectivity index (χ2v) is 7.29. The highest BCUT2D eigenvalue weighted by Gasteiger charge is 2.28. The van der Waals surface area contributed by atoms with Crippen LogP contribution in [0.2, 0.25) is 0 Å². The van der Waals surface area contributed by atoms with Gasteiger partial charge in [-0.2, -0.15) is 0 Å². The zero-order valence-electron chi connectivity index (χ0n) is 12.8.